The van der Waals surface area contributed by atoms with Crippen LogP contribution in [0.3, 0.4) is 0 Å². The molecular weight excluding hydrogens is 296 g/mol. The molecule has 1 aromatic carbocycles. The van der Waals surface area contributed by atoms with Gasteiger partial charge in [-0.05, 0) is 43.9 Å². The van der Waals surface area contributed by atoms with Crippen LogP contribution in [0.2, 0.25) is 0 Å². The normalized spacial score (nSPS) is 11.6. The van der Waals surface area contributed by atoms with E-state index in [0.29, 0.717) is 18.5 Å². The lowest BCUT2D eigenvalue weighted by molar-refractivity contribution is -0.142. The molecule has 1 rings (SSSR count). The average Bonchev–Trinajstić information content (AvgIpc) is 2.48. The summed E-state index contributed by atoms with van der Waals surface area (Å²) in [4.78, 5) is 34.8. The Morgan fingerprint density at radius 3 is 2.39 bits per heavy atom. The van der Waals surface area contributed by atoms with E-state index < -0.39 is 12.0 Å². The maximum atomic E-state index is 12.0. The largest absolute Gasteiger partial charge is 0.479 e. The van der Waals surface area contributed by atoms with Crippen LogP contribution in [0.5, 0.6) is 0 Å². The number of carboxylic acids is 1. The SMILES string of the molecule is CCNC(=O)CCCC(=O)NC(C(=O)O)c1cccc(C)c1C. The van der Waals surface area contributed by atoms with Crippen LogP contribution in [0.15, 0.2) is 18.2 Å². The second kappa shape index (κ2) is 8.92. The van der Waals surface area contributed by atoms with Crippen molar-refractivity contribution in [2.75, 3.05) is 6.54 Å². The number of aryl methyl sites for hydroxylation is 1. The second-order valence-electron chi connectivity index (χ2n) is 5.43. The summed E-state index contributed by atoms with van der Waals surface area (Å²) in [5.41, 5.74) is 2.40. The molecule has 0 aromatic heterocycles. The minimum absolute atomic E-state index is 0.107. The van der Waals surface area contributed by atoms with Gasteiger partial charge >= 0.3 is 5.97 Å². The summed E-state index contributed by atoms with van der Waals surface area (Å²) in [5, 5.41) is 14.6. The van der Waals surface area contributed by atoms with Gasteiger partial charge in [-0.25, -0.2) is 4.79 Å². The van der Waals surface area contributed by atoms with E-state index in [1.165, 1.54) is 0 Å². The third kappa shape index (κ3) is 5.73. The van der Waals surface area contributed by atoms with Crippen LogP contribution in [-0.4, -0.2) is 29.4 Å². The monoisotopic (exact) mass is 320 g/mol. The number of carboxylic acid groups (broad SMARTS) is 1. The summed E-state index contributed by atoms with van der Waals surface area (Å²) >= 11 is 0. The number of nitrogens with one attached hydrogen (secondary N) is 2. The topological polar surface area (TPSA) is 95.5 Å². The molecule has 1 atom stereocenters. The van der Waals surface area contributed by atoms with Crippen molar-refractivity contribution in [2.45, 2.75) is 46.1 Å². The Morgan fingerprint density at radius 1 is 1.13 bits per heavy atom. The average molecular weight is 320 g/mol. The van der Waals surface area contributed by atoms with Crippen molar-refractivity contribution in [1.82, 2.24) is 10.6 Å². The molecule has 6 nitrogen and oxygen atoms in total. The third-order valence-electron chi connectivity index (χ3n) is 3.69. The summed E-state index contributed by atoms with van der Waals surface area (Å²) in [6, 6.07) is 4.29. The molecule has 6 heteroatoms. The Kier molecular flexibility index (Phi) is 7.25. The molecule has 0 aliphatic heterocycles. The predicted octanol–water partition coefficient (Wildman–Crippen LogP) is 1.85. The minimum Gasteiger partial charge on any atom is -0.479 e. The highest BCUT2D eigenvalue weighted by molar-refractivity contribution is 5.85. The third-order valence-corrected chi connectivity index (χ3v) is 3.69. The summed E-state index contributed by atoms with van der Waals surface area (Å²) in [6.45, 7) is 6.11. The first kappa shape index (κ1) is 18.7. The van der Waals surface area contributed by atoms with Crippen molar-refractivity contribution in [2.24, 2.45) is 0 Å². The van der Waals surface area contributed by atoms with E-state index in [1.807, 2.05) is 26.8 Å². The molecule has 0 radical (unpaired) electrons. The van der Waals surface area contributed by atoms with Gasteiger partial charge in [0.1, 0.15) is 0 Å². The van der Waals surface area contributed by atoms with Crippen molar-refractivity contribution < 1.29 is 19.5 Å². The van der Waals surface area contributed by atoms with Crippen molar-refractivity contribution >= 4 is 17.8 Å². The van der Waals surface area contributed by atoms with Gasteiger partial charge in [-0.2, -0.15) is 0 Å². The fourth-order valence-electron chi connectivity index (χ4n) is 2.29. The Balaban J connectivity index is 2.66. The molecule has 3 N–H and O–H groups in total. The zero-order chi connectivity index (χ0) is 17.4. The van der Waals surface area contributed by atoms with Crippen LogP contribution in [0, 0.1) is 13.8 Å². The molecule has 0 saturated heterocycles. The van der Waals surface area contributed by atoms with E-state index in [4.69, 9.17) is 0 Å². The van der Waals surface area contributed by atoms with E-state index in [-0.39, 0.29) is 24.7 Å². The van der Waals surface area contributed by atoms with Crippen molar-refractivity contribution in [1.29, 1.82) is 0 Å². The zero-order valence-electron chi connectivity index (χ0n) is 13.8. The first-order chi connectivity index (χ1) is 10.9. The van der Waals surface area contributed by atoms with Gasteiger partial charge in [0.05, 0.1) is 0 Å². The zero-order valence-corrected chi connectivity index (χ0v) is 13.8. The summed E-state index contributed by atoms with van der Waals surface area (Å²) in [7, 11) is 0. The van der Waals surface area contributed by atoms with Crippen LogP contribution in [0.1, 0.15) is 48.9 Å². The van der Waals surface area contributed by atoms with Crippen LogP contribution < -0.4 is 10.6 Å². The van der Waals surface area contributed by atoms with Gasteiger partial charge in [-0.15, -0.1) is 0 Å². The minimum atomic E-state index is -1.10. The number of carbonyl (C=O) groups excluding carboxylic acids is 2. The molecule has 0 fully saturated rings. The highest BCUT2D eigenvalue weighted by Gasteiger charge is 2.23. The number of benzene rings is 1. The quantitative estimate of drug-likeness (QED) is 0.681. The summed E-state index contributed by atoms with van der Waals surface area (Å²) in [6.07, 6.45) is 0.755. The lowest BCUT2D eigenvalue weighted by atomic mass is 9.97. The van der Waals surface area contributed by atoms with Crippen molar-refractivity contribution in [3.63, 3.8) is 0 Å². The highest BCUT2D eigenvalue weighted by atomic mass is 16.4. The maximum Gasteiger partial charge on any atom is 0.330 e. The van der Waals surface area contributed by atoms with Gasteiger partial charge in [0.15, 0.2) is 6.04 Å². The number of carbonyl (C=O) groups is 3. The molecular formula is C17H24N2O4. The molecule has 126 valence electrons. The smallest absolute Gasteiger partial charge is 0.330 e. The van der Waals surface area contributed by atoms with Crippen molar-refractivity contribution in [3.8, 4) is 0 Å². The summed E-state index contributed by atoms with van der Waals surface area (Å²) < 4.78 is 0. The molecule has 1 unspecified atom stereocenters. The molecule has 2 amide bonds. The van der Waals surface area contributed by atoms with E-state index in [1.54, 1.807) is 12.1 Å². The number of rotatable bonds is 8. The molecule has 23 heavy (non-hydrogen) atoms. The Labute approximate surface area is 136 Å². The van der Waals surface area contributed by atoms with E-state index >= 15 is 0 Å². The van der Waals surface area contributed by atoms with Gasteiger partial charge in [-0.3, -0.25) is 9.59 Å². The first-order valence-corrected chi connectivity index (χ1v) is 7.71. The van der Waals surface area contributed by atoms with E-state index in [2.05, 4.69) is 10.6 Å². The lowest BCUT2D eigenvalue weighted by Gasteiger charge is -2.18. The van der Waals surface area contributed by atoms with Gasteiger partial charge in [-0.1, -0.05) is 18.2 Å². The number of amides is 2. The Hall–Kier alpha value is -2.37. The number of aliphatic carboxylic acids is 1. The highest BCUT2D eigenvalue weighted by Crippen LogP contribution is 2.21. The van der Waals surface area contributed by atoms with Gasteiger partial charge < -0.3 is 15.7 Å². The van der Waals surface area contributed by atoms with E-state index in [0.717, 1.165) is 11.1 Å². The van der Waals surface area contributed by atoms with Gasteiger partial charge in [0.2, 0.25) is 11.8 Å². The molecule has 0 aliphatic carbocycles. The fraction of sp³-hybridized carbons (Fsp3) is 0.471. The maximum absolute atomic E-state index is 12.0. The lowest BCUT2D eigenvalue weighted by Crippen LogP contribution is -2.34. The second-order valence-corrected chi connectivity index (χ2v) is 5.43. The van der Waals surface area contributed by atoms with E-state index in [9.17, 15) is 19.5 Å². The molecule has 0 bridgehead atoms. The van der Waals surface area contributed by atoms with Crippen LogP contribution in [-0.2, 0) is 14.4 Å². The van der Waals surface area contributed by atoms with Crippen LogP contribution >= 0.6 is 0 Å². The summed E-state index contributed by atoms with van der Waals surface area (Å²) in [5.74, 6) is -1.58. The first-order valence-electron chi connectivity index (χ1n) is 7.71. The van der Waals surface area contributed by atoms with Gasteiger partial charge in [0.25, 0.3) is 0 Å². The Bertz CT molecular complexity index is 584. The van der Waals surface area contributed by atoms with Gasteiger partial charge in [0, 0.05) is 19.4 Å². The molecule has 0 heterocycles. The molecule has 1 aromatic rings. The molecule has 0 spiro atoms. The number of hydrogen-bond donors (Lipinski definition) is 3. The van der Waals surface area contributed by atoms with Crippen molar-refractivity contribution in [3.05, 3.63) is 34.9 Å². The van der Waals surface area contributed by atoms with Crippen LogP contribution in [0.4, 0.5) is 0 Å². The fourth-order valence-corrected chi connectivity index (χ4v) is 2.29. The Morgan fingerprint density at radius 2 is 1.78 bits per heavy atom. The molecule has 0 aliphatic rings. The number of hydrogen-bond acceptors (Lipinski definition) is 3. The standard InChI is InChI=1S/C17H24N2O4/c1-4-18-14(20)9-6-10-15(21)19-16(17(22)23)13-8-5-7-11(2)12(13)3/h5,7-8,16H,4,6,9-10H2,1-3H3,(H,18,20)(H,19,21)(H,22,23). The molecule has 0 saturated carbocycles. The predicted molar refractivity (Wildman–Crippen MR) is 87.0 cm³/mol. The van der Waals surface area contributed by atoms with Crippen LogP contribution in [0.25, 0.3) is 0 Å².